The maximum absolute atomic E-state index is 13.6. The van der Waals surface area contributed by atoms with Crippen LogP contribution in [0.1, 0.15) is 66.4 Å². The molecule has 1 aromatic heterocycles. The SMILES string of the molecule is Cc1cc(-c2nc3cc(F)c(F)cc3s2)ccc1NC(=O)[C@H](CCCCNC(=O)OC(C)(C)C)NC(=O)OC(C)(C)C. The van der Waals surface area contributed by atoms with E-state index in [1.165, 1.54) is 11.3 Å². The van der Waals surface area contributed by atoms with Gasteiger partial charge in [0.2, 0.25) is 5.91 Å². The number of aryl methyl sites for hydroxylation is 1. The number of halogens is 2. The molecule has 3 N–H and O–H groups in total. The molecule has 0 radical (unpaired) electrons. The first-order valence-electron chi connectivity index (χ1n) is 13.6. The standard InChI is InChI=1S/C30H38F2N4O5S/c1-17-14-18(26-35-23-15-19(31)20(32)16-24(23)42-26)11-12-21(17)34-25(37)22(36-28(39)41-30(5,6)7)10-8-9-13-33-27(38)40-29(2,3)4/h11-12,14-16,22H,8-10,13H2,1-7H3,(H,33,38)(H,34,37)(H,36,39)/t22-/m0/s1. The molecule has 0 fully saturated rings. The highest BCUT2D eigenvalue weighted by molar-refractivity contribution is 7.21. The summed E-state index contributed by atoms with van der Waals surface area (Å²) >= 11 is 1.23. The van der Waals surface area contributed by atoms with Crippen molar-refractivity contribution in [3.05, 3.63) is 47.5 Å². The van der Waals surface area contributed by atoms with E-state index in [1.54, 1.807) is 53.7 Å². The zero-order valence-corrected chi connectivity index (χ0v) is 25.8. The number of carbonyl (C=O) groups excluding carboxylic acids is 3. The third kappa shape index (κ3) is 9.93. The van der Waals surface area contributed by atoms with Gasteiger partial charge in [0.25, 0.3) is 0 Å². The number of unbranched alkanes of at least 4 members (excludes halogenated alkanes) is 1. The fraction of sp³-hybridized carbons (Fsp3) is 0.467. The summed E-state index contributed by atoms with van der Waals surface area (Å²) in [6.07, 6.45) is 0.151. The number of fused-ring (bicyclic) bond motifs is 1. The van der Waals surface area contributed by atoms with Crippen LogP contribution in [0.25, 0.3) is 20.8 Å². The van der Waals surface area contributed by atoms with Gasteiger partial charge in [0, 0.05) is 23.9 Å². The van der Waals surface area contributed by atoms with Crippen molar-refractivity contribution in [3.8, 4) is 10.6 Å². The number of anilines is 1. The fourth-order valence-electron chi connectivity index (χ4n) is 3.90. The second-order valence-electron chi connectivity index (χ2n) is 11.9. The van der Waals surface area contributed by atoms with Crippen LogP contribution in [0.15, 0.2) is 30.3 Å². The number of nitrogens with zero attached hydrogens (tertiary/aromatic N) is 1. The number of hydrogen-bond donors (Lipinski definition) is 3. The zero-order chi connectivity index (χ0) is 31.2. The molecule has 2 aromatic carbocycles. The van der Waals surface area contributed by atoms with Crippen LogP contribution in [-0.2, 0) is 14.3 Å². The molecule has 0 saturated carbocycles. The van der Waals surface area contributed by atoms with E-state index >= 15 is 0 Å². The third-order valence-corrected chi connectivity index (χ3v) is 6.82. The van der Waals surface area contributed by atoms with Crippen LogP contribution in [0.5, 0.6) is 0 Å². The van der Waals surface area contributed by atoms with Crippen molar-refractivity contribution in [1.82, 2.24) is 15.6 Å². The van der Waals surface area contributed by atoms with Gasteiger partial charge in [0.15, 0.2) is 11.6 Å². The monoisotopic (exact) mass is 604 g/mol. The van der Waals surface area contributed by atoms with Gasteiger partial charge >= 0.3 is 12.2 Å². The molecule has 3 rings (SSSR count). The van der Waals surface area contributed by atoms with Gasteiger partial charge in [0.1, 0.15) is 22.3 Å². The van der Waals surface area contributed by atoms with Crippen molar-refractivity contribution in [1.29, 1.82) is 0 Å². The Kier molecular flexibility index (Phi) is 10.5. The molecule has 3 amide bonds. The maximum atomic E-state index is 13.6. The number of benzene rings is 2. The van der Waals surface area contributed by atoms with Crippen molar-refractivity contribution >= 4 is 45.3 Å². The predicted octanol–water partition coefficient (Wildman–Crippen LogP) is 7.08. The highest BCUT2D eigenvalue weighted by Gasteiger charge is 2.25. The molecular formula is C30H38F2N4O5S. The normalized spacial score (nSPS) is 12.5. The Morgan fingerprint density at radius 2 is 1.57 bits per heavy atom. The minimum Gasteiger partial charge on any atom is -0.444 e. The van der Waals surface area contributed by atoms with Gasteiger partial charge in [-0.25, -0.2) is 23.4 Å². The van der Waals surface area contributed by atoms with Gasteiger partial charge in [-0.2, -0.15) is 0 Å². The molecule has 0 unspecified atom stereocenters. The lowest BCUT2D eigenvalue weighted by molar-refractivity contribution is -0.118. The largest absolute Gasteiger partial charge is 0.444 e. The van der Waals surface area contributed by atoms with Crippen LogP contribution < -0.4 is 16.0 Å². The van der Waals surface area contributed by atoms with Crippen LogP contribution in [0.2, 0.25) is 0 Å². The molecule has 3 aromatic rings. The summed E-state index contributed by atoms with van der Waals surface area (Å²) < 4.78 is 38.3. The lowest BCUT2D eigenvalue weighted by atomic mass is 10.1. The summed E-state index contributed by atoms with van der Waals surface area (Å²) in [5.41, 5.74) is 1.01. The minimum absolute atomic E-state index is 0.303. The molecule has 0 aliphatic heterocycles. The van der Waals surface area contributed by atoms with Crippen LogP contribution in [0, 0.1) is 18.6 Å². The molecular weight excluding hydrogens is 566 g/mol. The summed E-state index contributed by atoms with van der Waals surface area (Å²) in [6, 6.07) is 6.58. The van der Waals surface area contributed by atoms with E-state index in [2.05, 4.69) is 20.9 Å². The van der Waals surface area contributed by atoms with E-state index in [4.69, 9.17) is 9.47 Å². The Labute approximate surface area is 248 Å². The quantitative estimate of drug-likeness (QED) is 0.225. The van der Waals surface area contributed by atoms with Crippen LogP contribution in [0.3, 0.4) is 0 Å². The molecule has 0 bridgehead atoms. The smallest absolute Gasteiger partial charge is 0.408 e. The van der Waals surface area contributed by atoms with Crippen molar-refractivity contribution < 1.29 is 32.6 Å². The van der Waals surface area contributed by atoms with E-state index in [-0.39, 0.29) is 0 Å². The molecule has 12 heteroatoms. The highest BCUT2D eigenvalue weighted by atomic mass is 32.1. The summed E-state index contributed by atoms with van der Waals surface area (Å²) in [7, 11) is 0. The molecule has 0 saturated heterocycles. The average molecular weight is 605 g/mol. The predicted molar refractivity (Wildman–Crippen MR) is 160 cm³/mol. The Bertz CT molecular complexity index is 1410. The van der Waals surface area contributed by atoms with Crippen molar-refractivity contribution in [3.63, 3.8) is 0 Å². The van der Waals surface area contributed by atoms with Gasteiger partial charge in [-0.15, -0.1) is 11.3 Å². The number of carbonyl (C=O) groups is 3. The average Bonchev–Trinajstić information content (AvgIpc) is 3.24. The number of thiazole rings is 1. The first-order valence-corrected chi connectivity index (χ1v) is 14.5. The first kappa shape index (κ1) is 32.7. The lowest BCUT2D eigenvalue weighted by Crippen LogP contribution is -2.46. The summed E-state index contributed by atoms with van der Waals surface area (Å²) in [5, 5.41) is 8.78. The molecule has 0 aliphatic rings. The Balaban J connectivity index is 1.67. The molecule has 9 nitrogen and oxygen atoms in total. The van der Waals surface area contributed by atoms with Gasteiger partial charge in [0.05, 0.1) is 10.2 Å². The molecule has 42 heavy (non-hydrogen) atoms. The lowest BCUT2D eigenvalue weighted by Gasteiger charge is -2.23. The van der Waals surface area contributed by atoms with Gasteiger partial charge in [-0.05, 0) is 97.6 Å². The van der Waals surface area contributed by atoms with E-state index in [0.717, 1.165) is 23.3 Å². The van der Waals surface area contributed by atoms with E-state index in [0.29, 0.717) is 46.7 Å². The topological polar surface area (TPSA) is 119 Å². The number of ether oxygens (including phenoxy) is 2. The summed E-state index contributed by atoms with van der Waals surface area (Å²) in [6.45, 7) is 12.7. The molecule has 0 aliphatic carbocycles. The van der Waals surface area contributed by atoms with E-state index in [1.807, 2.05) is 13.0 Å². The number of alkyl carbamates (subject to hydrolysis) is 2. The third-order valence-electron chi connectivity index (χ3n) is 5.76. The van der Waals surface area contributed by atoms with Gasteiger partial charge in [-0.3, -0.25) is 4.79 Å². The van der Waals surface area contributed by atoms with Crippen LogP contribution in [0.4, 0.5) is 24.1 Å². The van der Waals surface area contributed by atoms with Gasteiger partial charge < -0.3 is 25.4 Å². The van der Waals surface area contributed by atoms with Crippen LogP contribution >= 0.6 is 11.3 Å². The Hall–Kier alpha value is -3.80. The molecule has 228 valence electrons. The molecule has 0 spiro atoms. The highest BCUT2D eigenvalue weighted by Crippen LogP contribution is 2.33. The van der Waals surface area contributed by atoms with Crippen molar-refractivity contribution in [2.45, 2.75) is 85.0 Å². The van der Waals surface area contributed by atoms with Crippen molar-refractivity contribution in [2.24, 2.45) is 0 Å². The number of hydrogen-bond acceptors (Lipinski definition) is 7. The van der Waals surface area contributed by atoms with Crippen molar-refractivity contribution in [2.75, 3.05) is 11.9 Å². The minimum atomic E-state index is -0.956. The van der Waals surface area contributed by atoms with Crippen LogP contribution in [-0.4, -0.2) is 46.9 Å². The molecule has 1 atom stereocenters. The Morgan fingerprint density at radius 1 is 0.929 bits per heavy atom. The summed E-state index contributed by atoms with van der Waals surface area (Å²) in [5.74, 6) is -2.31. The van der Waals surface area contributed by atoms with Gasteiger partial charge in [-0.1, -0.05) is 0 Å². The van der Waals surface area contributed by atoms with E-state index in [9.17, 15) is 23.2 Å². The zero-order valence-electron chi connectivity index (χ0n) is 24.9. The number of aromatic nitrogens is 1. The number of amides is 3. The number of rotatable bonds is 9. The second-order valence-corrected chi connectivity index (χ2v) is 12.9. The fourth-order valence-corrected chi connectivity index (χ4v) is 4.87. The van der Waals surface area contributed by atoms with E-state index < -0.39 is 47.0 Å². The Morgan fingerprint density at radius 3 is 2.21 bits per heavy atom. The number of nitrogens with one attached hydrogen (secondary N) is 3. The molecule has 1 heterocycles. The second kappa shape index (κ2) is 13.5. The summed E-state index contributed by atoms with van der Waals surface area (Å²) in [4.78, 5) is 42.0. The maximum Gasteiger partial charge on any atom is 0.408 e. The first-order chi connectivity index (χ1) is 19.5.